The van der Waals surface area contributed by atoms with Crippen LogP contribution in [0.2, 0.25) is 5.32 Å². The fourth-order valence-electron chi connectivity index (χ4n) is 2.31. The first-order chi connectivity index (χ1) is 11.3. The van der Waals surface area contributed by atoms with Gasteiger partial charge in [0.15, 0.2) is 0 Å². The predicted octanol–water partition coefficient (Wildman–Crippen LogP) is 1.91. The Bertz CT molecular complexity index is 827. The molecule has 0 spiro atoms. The molecule has 0 saturated carbocycles. The Balaban J connectivity index is 1.55. The summed E-state index contributed by atoms with van der Waals surface area (Å²) < 4.78 is 1.29. The van der Waals surface area contributed by atoms with Gasteiger partial charge < -0.3 is 0 Å². The number of carbonyl (C=O) groups is 2. The molecule has 2 N–H and O–H groups in total. The van der Waals surface area contributed by atoms with Gasteiger partial charge in [-0.25, -0.2) is 0 Å². The van der Waals surface area contributed by atoms with Crippen LogP contribution in [0.4, 0.5) is 0 Å². The van der Waals surface area contributed by atoms with Gasteiger partial charge in [0.2, 0.25) is 0 Å². The molecular formula is C18H16N2O2Se. The molecule has 0 aliphatic carbocycles. The molecule has 1 heterocycles. The van der Waals surface area contributed by atoms with Gasteiger partial charge in [-0.1, -0.05) is 0 Å². The second-order valence-corrected chi connectivity index (χ2v) is 7.45. The normalized spacial score (nSPS) is 10.6. The van der Waals surface area contributed by atoms with Crippen LogP contribution in [0.1, 0.15) is 10.4 Å². The van der Waals surface area contributed by atoms with Crippen molar-refractivity contribution in [3.05, 3.63) is 66.4 Å². The van der Waals surface area contributed by atoms with E-state index in [9.17, 15) is 9.59 Å². The monoisotopic (exact) mass is 372 g/mol. The first-order valence-electron chi connectivity index (χ1n) is 7.32. The van der Waals surface area contributed by atoms with Crippen LogP contribution in [0.25, 0.3) is 10.9 Å². The summed E-state index contributed by atoms with van der Waals surface area (Å²) in [5.74, 6) is -1.03. The number of benzene rings is 2. The third kappa shape index (κ3) is 3.70. The van der Waals surface area contributed by atoms with Crippen LogP contribution < -0.4 is 9.78 Å². The van der Waals surface area contributed by atoms with E-state index >= 15 is 0 Å². The quantitative estimate of drug-likeness (QED) is 0.301. The molecule has 0 atom stereocenters. The Morgan fingerprint density at radius 3 is 2.57 bits per heavy atom. The zero-order valence-corrected chi connectivity index (χ0v) is 14.1. The van der Waals surface area contributed by atoms with E-state index in [0.717, 1.165) is 16.2 Å². The van der Waals surface area contributed by atoms with Crippen molar-refractivity contribution in [3.8, 4) is 0 Å². The number of rotatable bonds is 6. The summed E-state index contributed by atoms with van der Waals surface area (Å²) in [6.45, 7) is 0.516. The molecule has 4 nitrogen and oxygen atoms in total. The molecule has 1 amide bonds. The number of ketones is 1. The van der Waals surface area contributed by atoms with Crippen molar-refractivity contribution in [2.45, 2.75) is 5.32 Å². The maximum atomic E-state index is 12.3. The number of Topliss-reactive ketones (excluding diaryl/α,β-unsaturated/α-hetero) is 1. The molecule has 116 valence electrons. The van der Waals surface area contributed by atoms with E-state index < -0.39 is 11.7 Å². The minimum atomic E-state index is -0.543. The number of hydrogen-bond acceptors (Lipinski definition) is 2. The van der Waals surface area contributed by atoms with Crippen LogP contribution in [0, 0.1) is 0 Å². The van der Waals surface area contributed by atoms with Gasteiger partial charge >= 0.3 is 140 Å². The Hall–Kier alpha value is -2.36. The Morgan fingerprint density at radius 2 is 1.74 bits per heavy atom. The number of aromatic nitrogens is 1. The zero-order valence-electron chi connectivity index (χ0n) is 12.4. The number of hydrogen-bond donors (Lipinski definition) is 2. The molecule has 0 unspecified atom stereocenters. The average Bonchev–Trinajstić information content (AvgIpc) is 3.03. The molecule has 0 radical (unpaired) electrons. The van der Waals surface area contributed by atoms with Gasteiger partial charge in [-0.2, -0.15) is 0 Å². The van der Waals surface area contributed by atoms with Crippen molar-refractivity contribution in [1.29, 1.82) is 0 Å². The number of nitrogens with one attached hydrogen (secondary N) is 2. The molecule has 2 aromatic carbocycles. The molecule has 0 saturated heterocycles. The number of H-pyrrole nitrogens is 1. The molecule has 23 heavy (non-hydrogen) atoms. The minimum absolute atomic E-state index is 0.304. The van der Waals surface area contributed by atoms with Crippen LogP contribution in [0.15, 0.2) is 60.8 Å². The fourth-order valence-corrected chi connectivity index (χ4v) is 3.97. The summed E-state index contributed by atoms with van der Waals surface area (Å²) >= 11 is 0.304. The molecule has 1 aromatic heterocycles. The molecule has 0 fully saturated rings. The van der Waals surface area contributed by atoms with Gasteiger partial charge in [-0.3, -0.25) is 0 Å². The SMILES string of the molecule is O=C(NCC[Se]c1ccccc1)C(=O)c1c[nH]c2ccccc12. The van der Waals surface area contributed by atoms with Crippen molar-refractivity contribution in [1.82, 2.24) is 10.3 Å². The van der Waals surface area contributed by atoms with E-state index in [1.54, 1.807) is 6.20 Å². The average molecular weight is 371 g/mol. The van der Waals surface area contributed by atoms with Gasteiger partial charge in [0.1, 0.15) is 0 Å². The van der Waals surface area contributed by atoms with Gasteiger partial charge in [0, 0.05) is 0 Å². The number of para-hydroxylation sites is 1. The number of carbonyl (C=O) groups excluding carboxylic acids is 2. The maximum absolute atomic E-state index is 12.3. The van der Waals surface area contributed by atoms with Crippen LogP contribution in [-0.4, -0.2) is 38.2 Å². The van der Waals surface area contributed by atoms with Gasteiger partial charge in [0.25, 0.3) is 0 Å². The van der Waals surface area contributed by atoms with E-state index in [-0.39, 0.29) is 0 Å². The summed E-state index contributed by atoms with van der Waals surface area (Å²) in [4.78, 5) is 27.3. The van der Waals surface area contributed by atoms with E-state index in [1.807, 2.05) is 42.5 Å². The predicted molar refractivity (Wildman–Crippen MR) is 92.3 cm³/mol. The topological polar surface area (TPSA) is 62.0 Å². The number of amides is 1. The number of aromatic amines is 1. The molecule has 0 aliphatic rings. The third-order valence-electron chi connectivity index (χ3n) is 3.44. The molecule has 0 aliphatic heterocycles. The Kier molecular flexibility index (Phi) is 4.91. The first-order valence-corrected chi connectivity index (χ1v) is 9.39. The van der Waals surface area contributed by atoms with E-state index in [1.165, 1.54) is 4.46 Å². The summed E-state index contributed by atoms with van der Waals surface area (Å²) in [5.41, 5.74) is 1.28. The summed E-state index contributed by atoms with van der Waals surface area (Å²) in [6, 6.07) is 17.6. The van der Waals surface area contributed by atoms with Crippen LogP contribution in [0.3, 0.4) is 0 Å². The molecule has 3 rings (SSSR count). The summed E-state index contributed by atoms with van der Waals surface area (Å²) in [5, 5.41) is 4.36. The van der Waals surface area contributed by atoms with Crippen molar-refractivity contribution in [2.24, 2.45) is 0 Å². The molecular weight excluding hydrogens is 355 g/mol. The van der Waals surface area contributed by atoms with Crippen LogP contribution >= 0.6 is 0 Å². The van der Waals surface area contributed by atoms with Crippen molar-refractivity contribution < 1.29 is 9.59 Å². The van der Waals surface area contributed by atoms with E-state index in [4.69, 9.17) is 0 Å². The van der Waals surface area contributed by atoms with Crippen LogP contribution in [-0.2, 0) is 4.79 Å². The van der Waals surface area contributed by atoms with Crippen molar-refractivity contribution in [2.75, 3.05) is 6.54 Å². The standard InChI is InChI=1S/C18H16N2O2Se/c21-17(15-12-20-16-9-5-4-8-14(15)16)18(22)19-10-11-23-13-6-2-1-3-7-13/h1-9,12,20H,10-11H2,(H,19,22). The fraction of sp³-hybridized carbons (Fsp3) is 0.111. The summed E-state index contributed by atoms with van der Waals surface area (Å²) in [7, 11) is 0. The number of fused-ring (bicyclic) bond motifs is 1. The Labute approximate surface area is 140 Å². The molecule has 3 aromatic rings. The third-order valence-corrected chi connectivity index (χ3v) is 5.57. The van der Waals surface area contributed by atoms with Crippen molar-refractivity contribution >= 4 is 42.0 Å². The molecule has 0 bridgehead atoms. The molecule has 5 heteroatoms. The van der Waals surface area contributed by atoms with Gasteiger partial charge in [0.05, 0.1) is 0 Å². The van der Waals surface area contributed by atoms with Crippen molar-refractivity contribution in [3.63, 3.8) is 0 Å². The van der Waals surface area contributed by atoms with E-state index in [2.05, 4.69) is 22.4 Å². The van der Waals surface area contributed by atoms with E-state index in [0.29, 0.717) is 27.1 Å². The van der Waals surface area contributed by atoms with Gasteiger partial charge in [-0.05, 0) is 0 Å². The summed E-state index contributed by atoms with van der Waals surface area (Å²) in [6.07, 6.45) is 1.60. The Morgan fingerprint density at radius 1 is 1.00 bits per heavy atom. The second kappa shape index (κ2) is 7.27. The first kappa shape index (κ1) is 15.5. The van der Waals surface area contributed by atoms with Gasteiger partial charge in [-0.15, -0.1) is 0 Å². The van der Waals surface area contributed by atoms with Crippen LogP contribution in [0.5, 0.6) is 0 Å². The zero-order chi connectivity index (χ0) is 16.1. The second-order valence-electron chi connectivity index (χ2n) is 4.99.